The average molecular weight is 367 g/mol. The Kier molecular flexibility index (Phi) is 5.85. The molecule has 4 rings (SSSR count). The van der Waals surface area contributed by atoms with Crippen molar-refractivity contribution in [2.24, 2.45) is 5.92 Å². The molecule has 144 valence electrons. The van der Waals surface area contributed by atoms with E-state index in [2.05, 4.69) is 15.0 Å². The van der Waals surface area contributed by atoms with Gasteiger partial charge in [-0.25, -0.2) is 0 Å². The normalized spacial score (nSPS) is 19.1. The summed E-state index contributed by atoms with van der Waals surface area (Å²) in [4.78, 5) is 20.0. The molecule has 0 aliphatic heterocycles. The first-order valence-corrected chi connectivity index (χ1v) is 10.5. The summed E-state index contributed by atoms with van der Waals surface area (Å²) in [6, 6.07) is 10.2. The molecule has 1 aromatic carbocycles. The van der Waals surface area contributed by atoms with Gasteiger partial charge in [-0.2, -0.15) is 4.98 Å². The van der Waals surface area contributed by atoms with Crippen LogP contribution < -0.4 is 0 Å². The number of carbonyl (C=O) groups excluding carboxylic acids is 1. The predicted octanol–water partition coefficient (Wildman–Crippen LogP) is 4.98. The lowest BCUT2D eigenvalue weighted by atomic mass is 9.86. The third-order valence-corrected chi connectivity index (χ3v) is 6.06. The zero-order valence-electron chi connectivity index (χ0n) is 16.0. The number of aromatic nitrogens is 2. The number of carbonyl (C=O) groups is 1. The van der Waals surface area contributed by atoms with E-state index in [1.165, 1.54) is 38.5 Å². The molecule has 0 bridgehead atoms. The minimum atomic E-state index is 0.178. The molecule has 27 heavy (non-hydrogen) atoms. The summed E-state index contributed by atoms with van der Waals surface area (Å²) in [6.07, 6.45) is 11.5. The third-order valence-electron chi connectivity index (χ3n) is 6.06. The van der Waals surface area contributed by atoms with Crippen LogP contribution in [0, 0.1) is 5.92 Å². The molecule has 2 saturated carbocycles. The van der Waals surface area contributed by atoms with E-state index in [-0.39, 0.29) is 5.92 Å². The zero-order chi connectivity index (χ0) is 18.5. The first-order chi connectivity index (χ1) is 13.3. The smallest absolute Gasteiger partial charge is 0.246 e. The highest BCUT2D eigenvalue weighted by Gasteiger charge is 2.32. The Bertz CT molecular complexity index is 731. The number of nitrogens with zero attached hydrogens (tertiary/aromatic N) is 3. The van der Waals surface area contributed by atoms with Crippen molar-refractivity contribution in [1.82, 2.24) is 15.0 Å². The third kappa shape index (κ3) is 4.40. The second kappa shape index (κ2) is 8.68. The molecule has 1 aromatic heterocycles. The first kappa shape index (κ1) is 18.2. The summed E-state index contributed by atoms with van der Waals surface area (Å²) in [5, 5.41) is 4.13. The van der Waals surface area contributed by atoms with Gasteiger partial charge in [0.2, 0.25) is 17.6 Å². The lowest BCUT2D eigenvalue weighted by Crippen LogP contribution is -2.44. The van der Waals surface area contributed by atoms with E-state index in [1.807, 2.05) is 30.3 Å². The molecular weight excluding hydrogens is 338 g/mol. The summed E-state index contributed by atoms with van der Waals surface area (Å²) in [7, 11) is 0. The van der Waals surface area contributed by atoms with Crippen LogP contribution in [0.1, 0.15) is 70.1 Å². The highest BCUT2D eigenvalue weighted by molar-refractivity contribution is 5.79. The predicted molar refractivity (Wildman–Crippen MR) is 104 cm³/mol. The summed E-state index contributed by atoms with van der Waals surface area (Å²) >= 11 is 0. The fraction of sp³-hybridized carbons (Fsp3) is 0.591. The molecule has 1 amide bonds. The average Bonchev–Trinajstić information content (AvgIpc) is 3.22. The molecule has 0 spiro atoms. The molecule has 5 nitrogen and oxygen atoms in total. The summed E-state index contributed by atoms with van der Waals surface area (Å²) in [5.74, 6) is 1.63. The van der Waals surface area contributed by atoms with Crippen LogP contribution in [0.5, 0.6) is 0 Å². The maximum absolute atomic E-state index is 13.3. The van der Waals surface area contributed by atoms with Crippen LogP contribution in [0.4, 0.5) is 0 Å². The highest BCUT2D eigenvalue weighted by atomic mass is 16.5. The van der Waals surface area contributed by atoms with E-state index in [1.54, 1.807) is 0 Å². The molecule has 2 fully saturated rings. The monoisotopic (exact) mass is 367 g/mol. The second-order valence-corrected chi connectivity index (χ2v) is 7.97. The standard InChI is InChI=1S/C22H29N3O2/c26-22(18-12-6-2-7-13-18)25(19-14-8-3-9-15-19)16-20-23-21(24-27-20)17-10-4-1-5-11-17/h1,4-5,10-11,18-19H,2-3,6-9,12-16H2. The molecule has 0 unspecified atom stereocenters. The molecule has 2 aromatic rings. The van der Waals surface area contributed by atoms with Crippen LogP contribution in [-0.2, 0) is 11.3 Å². The Morgan fingerprint density at radius 2 is 1.63 bits per heavy atom. The lowest BCUT2D eigenvalue weighted by Gasteiger charge is -2.36. The fourth-order valence-electron chi connectivity index (χ4n) is 4.53. The molecule has 0 saturated heterocycles. The van der Waals surface area contributed by atoms with Crippen molar-refractivity contribution >= 4 is 5.91 Å². The Balaban J connectivity index is 1.52. The van der Waals surface area contributed by atoms with Crippen LogP contribution in [-0.4, -0.2) is 27.0 Å². The molecule has 2 aliphatic rings. The Morgan fingerprint density at radius 3 is 2.33 bits per heavy atom. The van der Waals surface area contributed by atoms with E-state index >= 15 is 0 Å². The minimum absolute atomic E-state index is 0.178. The molecule has 1 heterocycles. The quantitative estimate of drug-likeness (QED) is 0.748. The van der Waals surface area contributed by atoms with Crippen molar-refractivity contribution in [1.29, 1.82) is 0 Å². The van der Waals surface area contributed by atoms with Crippen LogP contribution in [0.3, 0.4) is 0 Å². The van der Waals surface area contributed by atoms with Crippen molar-refractivity contribution in [2.75, 3.05) is 0 Å². The molecule has 0 atom stereocenters. The maximum Gasteiger partial charge on any atom is 0.246 e. The number of benzene rings is 1. The van der Waals surface area contributed by atoms with Gasteiger partial charge in [0, 0.05) is 17.5 Å². The maximum atomic E-state index is 13.3. The van der Waals surface area contributed by atoms with E-state index in [4.69, 9.17) is 4.52 Å². The number of rotatable bonds is 5. The Labute approximate surface area is 161 Å². The van der Waals surface area contributed by atoms with Gasteiger partial charge in [-0.3, -0.25) is 4.79 Å². The van der Waals surface area contributed by atoms with Gasteiger partial charge in [-0.15, -0.1) is 0 Å². The van der Waals surface area contributed by atoms with Gasteiger partial charge >= 0.3 is 0 Å². The van der Waals surface area contributed by atoms with E-state index in [0.717, 1.165) is 31.2 Å². The highest BCUT2D eigenvalue weighted by Crippen LogP contribution is 2.30. The van der Waals surface area contributed by atoms with Crippen molar-refractivity contribution in [3.63, 3.8) is 0 Å². The Hall–Kier alpha value is -2.17. The van der Waals surface area contributed by atoms with Crippen molar-refractivity contribution in [3.05, 3.63) is 36.2 Å². The van der Waals surface area contributed by atoms with Crippen molar-refractivity contribution < 1.29 is 9.32 Å². The van der Waals surface area contributed by atoms with Gasteiger partial charge in [0.15, 0.2) is 0 Å². The van der Waals surface area contributed by atoms with Gasteiger partial charge in [-0.1, -0.05) is 74.0 Å². The molecule has 2 aliphatic carbocycles. The Morgan fingerprint density at radius 1 is 0.963 bits per heavy atom. The number of hydrogen-bond donors (Lipinski definition) is 0. The molecule has 0 N–H and O–H groups in total. The van der Waals surface area contributed by atoms with Crippen LogP contribution in [0.25, 0.3) is 11.4 Å². The largest absolute Gasteiger partial charge is 0.337 e. The first-order valence-electron chi connectivity index (χ1n) is 10.5. The van der Waals surface area contributed by atoms with E-state index < -0.39 is 0 Å². The lowest BCUT2D eigenvalue weighted by molar-refractivity contribution is -0.141. The molecule has 0 radical (unpaired) electrons. The molecular formula is C22H29N3O2. The van der Waals surface area contributed by atoms with E-state index in [0.29, 0.717) is 30.2 Å². The zero-order valence-corrected chi connectivity index (χ0v) is 16.0. The summed E-state index contributed by atoms with van der Waals surface area (Å²) in [6.45, 7) is 0.444. The molecule has 5 heteroatoms. The second-order valence-electron chi connectivity index (χ2n) is 7.97. The number of amides is 1. The van der Waals surface area contributed by atoms with Gasteiger partial charge in [0.25, 0.3) is 0 Å². The minimum Gasteiger partial charge on any atom is -0.337 e. The van der Waals surface area contributed by atoms with Gasteiger partial charge in [0.1, 0.15) is 6.54 Å². The summed E-state index contributed by atoms with van der Waals surface area (Å²) < 4.78 is 5.52. The van der Waals surface area contributed by atoms with Gasteiger partial charge < -0.3 is 9.42 Å². The van der Waals surface area contributed by atoms with Gasteiger partial charge in [-0.05, 0) is 25.7 Å². The van der Waals surface area contributed by atoms with Gasteiger partial charge in [0.05, 0.1) is 0 Å². The number of hydrogen-bond acceptors (Lipinski definition) is 4. The van der Waals surface area contributed by atoms with Crippen LogP contribution >= 0.6 is 0 Å². The summed E-state index contributed by atoms with van der Waals surface area (Å²) in [5.41, 5.74) is 0.940. The SMILES string of the molecule is O=C(C1CCCCC1)N(Cc1nc(-c2ccccc2)no1)C1CCCCC1. The van der Waals surface area contributed by atoms with Crippen LogP contribution in [0.15, 0.2) is 34.9 Å². The van der Waals surface area contributed by atoms with Crippen molar-refractivity contribution in [2.45, 2.75) is 76.8 Å². The fourth-order valence-corrected chi connectivity index (χ4v) is 4.53. The van der Waals surface area contributed by atoms with Crippen LogP contribution in [0.2, 0.25) is 0 Å². The van der Waals surface area contributed by atoms with E-state index in [9.17, 15) is 4.79 Å². The topological polar surface area (TPSA) is 59.2 Å². The van der Waals surface area contributed by atoms with Crippen molar-refractivity contribution in [3.8, 4) is 11.4 Å².